The molecule has 2 bridgehead atoms. The Bertz CT molecular complexity index is 2060. The lowest BCUT2D eigenvalue weighted by atomic mass is 9.78. The Kier molecular flexibility index (Phi) is 27.0. The minimum absolute atomic E-state index is 0.00343. The van der Waals surface area contributed by atoms with Gasteiger partial charge in [-0.1, -0.05) is 71.1 Å². The lowest BCUT2D eigenvalue weighted by molar-refractivity contribution is -0.266. The van der Waals surface area contributed by atoms with Crippen LogP contribution in [-0.2, 0) is 61.9 Å². The van der Waals surface area contributed by atoms with Crippen molar-refractivity contribution in [1.82, 2.24) is 9.80 Å². The number of ether oxygens (including phenoxy) is 8. The number of methoxy groups -OCH3 is 3. The van der Waals surface area contributed by atoms with Crippen molar-refractivity contribution in [3.05, 3.63) is 47.6 Å². The molecule has 0 aromatic rings. The quantitative estimate of drug-likeness (QED) is 0.0756. The van der Waals surface area contributed by atoms with E-state index in [-0.39, 0.29) is 80.0 Å². The summed E-state index contributed by atoms with van der Waals surface area (Å²) >= 11 is 0. The average molecular weight is 1100 g/mol. The Hall–Kier alpha value is -3.49. The van der Waals surface area contributed by atoms with Crippen molar-refractivity contribution in [2.24, 2.45) is 35.5 Å². The summed E-state index contributed by atoms with van der Waals surface area (Å²) in [6.45, 7) is 19.8. The zero-order chi connectivity index (χ0) is 57.1. The highest BCUT2D eigenvalue weighted by molar-refractivity contribution is 6.39. The SMILES string of the molecule is COCCO[C@H]1C[C@@H]2CC[C@@H](C)[C@@](O)(O2)C(=O)C(=O)N2CCCC[C@H]2C(=O)O[C@H]([C@H](C)C[C@@H]2CC[C@@H](OCCCN3CCO[C@H](C)C3)[C@H](OC)C2)CC(=O)[C@H](C)C=C(C)[C@@H](O)[C@@H](OC)C(=O)[C@H](C)C[C@H](C)C=CC=CC=C1C. The number of Topliss-reactive ketones (excluding diaryl/α,β-unsaturated/α-hetero) is 3. The first-order chi connectivity index (χ1) is 37.2. The Balaban J connectivity index is 1.41. The first-order valence-corrected chi connectivity index (χ1v) is 29.2. The lowest BCUT2D eigenvalue weighted by Gasteiger charge is -2.43. The van der Waals surface area contributed by atoms with Gasteiger partial charge in [-0.15, -0.1) is 0 Å². The van der Waals surface area contributed by atoms with E-state index >= 15 is 0 Å². The second-order valence-corrected chi connectivity index (χ2v) is 23.4. The zero-order valence-corrected chi connectivity index (χ0v) is 49.1. The number of rotatable bonds is 14. The predicted octanol–water partition coefficient (Wildman–Crippen LogP) is 7.33. The molecule has 0 aromatic carbocycles. The van der Waals surface area contributed by atoms with Crippen LogP contribution >= 0.6 is 0 Å². The first kappa shape index (κ1) is 65.3. The van der Waals surface area contributed by atoms with Crippen molar-refractivity contribution in [1.29, 1.82) is 0 Å². The summed E-state index contributed by atoms with van der Waals surface area (Å²) in [6.07, 6.45) is 13.5. The summed E-state index contributed by atoms with van der Waals surface area (Å²) in [6, 6.07) is -1.15. The number of carbonyl (C=O) groups excluding carboxylic acids is 5. The highest BCUT2D eigenvalue weighted by Gasteiger charge is 2.53. The number of carbonyl (C=O) groups is 5. The van der Waals surface area contributed by atoms with Crippen LogP contribution in [0, 0.1) is 35.5 Å². The molecule has 4 fully saturated rings. The fourth-order valence-corrected chi connectivity index (χ4v) is 12.1. The van der Waals surface area contributed by atoms with E-state index in [9.17, 15) is 34.2 Å². The largest absolute Gasteiger partial charge is 0.460 e. The minimum Gasteiger partial charge on any atom is -0.460 e. The molecule has 16 atom stereocenters. The predicted molar refractivity (Wildman–Crippen MR) is 296 cm³/mol. The minimum atomic E-state index is -2.46. The molecule has 5 rings (SSSR count). The highest BCUT2D eigenvalue weighted by Crippen LogP contribution is 2.38. The molecule has 0 radical (unpaired) electrons. The van der Waals surface area contributed by atoms with Crippen molar-refractivity contribution in [2.75, 3.05) is 73.9 Å². The molecule has 0 unspecified atom stereocenters. The van der Waals surface area contributed by atoms with E-state index in [2.05, 4.69) is 11.8 Å². The first-order valence-electron chi connectivity index (χ1n) is 29.2. The van der Waals surface area contributed by atoms with Gasteiger partial charge < -0.3 is 53.0 Å². The van der Waals surface area contributed by atoms with Crippen LogP contribution in [0.15, 0.2) is 47.6 Å². The molecule has 442 valence electrons. The van der Waals surface area contributed by atoms with Crippen LogP contribution in [0.3, 0.4) is 0 Å². The van der Waals surface area contributed by atoms with Gasteiger partial charge in [-0.3, -0.25) is 24.1 Å². The molecule has 1 aliphatic carbocycles. The van der Waals surface area contributed by atoms with E-state index in [1.165, 1.54) is 12.0 Å². The van der Waals surface area contributed by atoms with Crippen LogP contribution < -0.4 is 0 Å². The molecule has 3 saturated heterocycles. The molecule has 0 spiro atoms. The van der Waals surface area contributed by atoms with E-state index in [0.29, 0.717) is 57.3 Å². The summed E-state index contributed by atoms with van der Waals surface area (Å²) in [5.74, 6) is -7.94. The van der Waals surface area contributed by atoms with E-state index in [4.69, 9.17) is 37.9 Å². The second-order valence-electron chi connectivity index (χ2n) is 23.4. The van der Waals surface area contributed by atoms with Crippen molar-refractivity contribution >= 4 is 29.2 Å². The molecule has 0 aromatic heterocycles. The maximum absolute atomic E-state index is 14.7. The Morgan fingerprint density at radius 2 is 1.59 bits per heavy atom. The smallest absolute Gasteiger partial charge is 0.329 e. The number of ketones is 3. The standard InChI is InChI=1S/C61H98N2O15/c1-39-18-13-12-14-19-40(2)52(76-31-30-71-9)36-48-23-21-45(7)61(70,78-48)58(67)59(68)63-26-16-15-20-49(63)60(69)77-53(37-50(64)41(3)33-44(6)56(66)57(73-11)55(65)43(5)32-39)42(4)34-47-22-24-51(54(35-47)72-10)75-28-17-25-62-27-29-74-46(8)38-62/h12-14,18-19,33,39,41-43,45-49,51-54,56-57,66,70H,15-17,20-32,34-38H2,1-11H3/t39-,41-,42-,43-,45-,46-,47+,48+,49+,51-,52+,53+,54-,56-,57+,61-/m1/s1. The molecular weight excluding hydrogens is 1000 g/mol. The number of morpholine rings is 1. The molecular formula is C61H98N2O15. The maximum atomic E-state index is 14.7. The number of hydrogen-bond acceptors (Lipinski definition) is 16. The van der Waals surface area contributed by atoms with Crippen LogP contribution in [0.5, 0.6) is 0 Å². The van der Waals surface area contributed by atoms with Gasteiger partial charge in [0, 0.05) is 84.7 Å². The number of cyclic esters (lactones) is 1. The summed E-state index contributed by atoms with van der Waals surface area (Å²) in [7, 11) is 4.68. The van der Waals surface area contributed by atoms with Crippen molar-refractivity contribution < 1.29 is 72.1 Å². The lowest BCUT2D eigenvalue weighted by Crippen LogP contribution is -2.61. The van der Waals surface area contributed by atoms with Crippen molar-refractivity contribution in [2.45, 2.75) is 200 Å². The van der Waals surface area contributed by atoms with Gasteiger partial charge in [-0.2, -0.15) is 0 Å². The number of nitrogens with zero attached hydrogens (tertiary/aromatic N) is 2. The molecule has 1 saturated carbocycles. The topological polar surface area (TPSA) is 206 Å². The third kappa shape index (κ3) is 18.8. The van der Waals surface area contributed by atoms with Gasteiger partial charge in [0.25, 0.3) is 11.7 Å². The van der Waals surface area contributed by atoms with Gasteiger partial charge >= 0.3 is 5.97 Å². The van der Waals surface area contributed by atoms with Gasteiger partial charge in [-0.05, 0) is 120 Å². The molecule has 78 heavy (non-hydrogen) atoms. The zero-order valence-electron chi connectivity index (χ0n) is 49.1. The van der Waals surface area contributed by atoms with Gasteiger partial charge in [-0.25, -0.2) is 4.79 Å². The van der Waals surface area contributed by atoms with E-state index in [0.717, 1.165) is 57.5 Å². The number of hydrogen-bond donors (Lipinski definition) is 2. The van der Waals surface area contributed by atoms with Crippen LogP contribution in [0.4, 0.5) is 0 Å². The second kappa shape index (κ2) is 32.2. The number of aliphatic hydroxyl groups is 2. The summed E-state index contributed by atoms with van der Waals surface area (Å²) < 4.78 is 48.0. The van der Waals surface area contributed by atoms with E-state index in [1.54, 1.807) is 41.1 Å². The molecule has 5 aliphatic rings. The third-order valence-corrected chi connectivity index (χ3v) is 17.1. The highest BCUT2D eigenvalue weighted by atomic mass is 16.6. The fraction of sp³-hybridized carbons (Fsp3) is 0.787. The van der Waals surface area contributed by atoms with E-state index < -0.39 is 77.8 Å². The van der Waals surface area contributed by atoms with Crippen LogP contribution in [-0.4, -0.2) is 184 Å². The van der Waals surface area contributed by atoms with Gasteiger partial charge in [0.15, 0.2) is 5.78 Å². The number of piperidine rings is 1. The number of fused-ring (bicyclic) bond motifs is 3. The molecule has 4 aliphatic heterocycles. The summed E-state index contributed by atoms with van der Waals surface area (Å²) in [4.78, 5) is 75.6. The number of aliphatic hydroxyl groups excluding tert-OH is 1. The van der Waals surface area contributed by atoms with E-state index in [1.807, 2.05) is 58.1 Å². The number of amides is 1. The molecule has 1 amide bonds. The van der Waals surface area contributed by atoms with Crippen LogP contribution in [0.2, 0.25) is 0 Å². The summed E-state index contributed by atoms with van der Waals surface area (Å²) in [5, 5.41) is 23.8. The Morgan fingerprint density at radius 3 is 2.31 bits per heavy atom. The molecule has 17 nitrogen and oxygen atoms in total. The molecule has 17 heteroatoms. The van der Waals surface area contributed by atoms with Gasteiger partial charge in [0.2, 0.25) is 5.79 Å². The molecule has 2 N–H and O–H groups in total. The number of allylic oxidation sites excluding steroid dienone is 6. The molecule has 4 heterocycles. The fourth-order valence-electron chi connectivity index (χ4n) is 12.1. The van der Waals surface area contributed by atoms with Gasteiger partial charge in [0.1, 0.15) is 30.1 Å². The monoisotopic (exact) mass is 1100 g/mol. The van der Waals surface area contributed by atoms with Crippen LogP contribution in [0.25, 0.3) is 0 Å². The van der Waals surface area contributed by atoms with Gasteiger partial charge in [0.05, 0.1) is 50.3 Å². The Labute approximate surface area is 466 Å². The average Bonchev–Trinajstić information content (AvgIpc) is 3.44. The Morgan fingerprint density at radius 1 is 0.821 bits per heavy atom. The summed E-state index contributed by atoms with van der Waals surface area (Å²) in [5.41, 5.74) is 1.26. The number of esters is 1. The third-order valence-electron chi connectivity index (χ3n) is 17.1. The maximum Gasteiger partial charge on any atom is 0.329 e. The van der Waals surface area contributed by atoms with Crippen molar-refractivity contribution in [3.63, 3.8) is 0 Å². The van der Waals surface area contributed by atoms with Crippen molar-refractivity contribution in [3.8, 4) is 0 Å². The van der Waals surface area contributed by atoms with Crippen LogP contribution in [0.1, 0.15) is 139 Å². The normalized spacial score (nSPS) is 35.9.